The van der Waals surface area contributed by atoms with Gasteiger partial charge in [0.1, 0.15) is 0 Å². The summed E-state index contributed by atoms with van der Waals surface area (Å²) in [4.78, 5) is 0. The Bertz CT molecular complexity index is 234. The van der Waals surface area contributed by atoms with Crippen molar-refractivity contribution < 1.29 is 26.3 Å². The van der Waals surface area contributed by atoms with E-state index in [2.05, 4.69) is 0 Å². The summed E-state index contributed by atoms with van der Waals surface area (Å²) < 4.78 is 70.6. The van der Waals surface area contributed by atoms with Crippen LogP contribution in [0.2, 0.25) is 0 Å². The van der Waals surface area contributed by atoms with Crippen molar-refractivity contribution in [3.63, 3.8) is 0 Å². The van der Waals surface area contributed by atoms with E-state index >= 15 is 0 Å². The molecule has 0 saturated heterocycles. The third kappa shape index (κ3) is 5.95. The maximum absolute atomic E-state index is 12.0. The van der Waals surface area contributed by atoms with E-state index in [1.54, 1.807) is 0 Å². The Balaban J connectivity index is 4.74. The lowest BCUT2D eigenvalue weighted by Gasteiger charge is -2.07. The van der Waals surface area contributed by atoms with Crippen LogP contribution in [0.5, 0.6) is 0 Å². The van der Waals surface area contributed by atoms with Crippen molar-refractivity contribution in [1.82, 2.24) is 0 Å². The molecule has 0 nitrogen and oxygen atoms in total. The number of alkyl halides is 6. The van der Waals surface area contributed by atoms with E-state index in [0.29, 0.717) is 17.2 Å². The number of halogens is 6. The molecule has 0 atom stereocenters. The highest BCUT2D eigenvalue weighted by atomic mass is 32.2. The first kappa shape index (κ1) is 13.4. The van der Waals surface area contributed by atoms with E-state index in [9.17, 15) is 26.3 Å². The minimum Gasteiger partial charge on any atom is -0.167 e. The molecule has 0 aliphatic rings. The van der Waals surface area contributed by atoms with Crippen molar-refractivity contribution in [2.24, 2.45) is 0 Å². The van der Waals surface area contributed by atoms with Gasteiger partial charge in [0.2, 0.25) is 0 Å². The Hall–Kier alpha value is -0.590. The lowest BCUT2D eigenvalue weighted by atomic mass is 10.2. The predicted molar refractivity (Wildman–Crippen MR) is 42.8 cm³/mol. The van der Waals surface area contributed by atoms with Gasteiger partial charge in [0.15, 0.2) is 0 Å². The van der Waals surface area contributed by atoms with Gasteiger partial charge in [-0.3, -0.25) is 0 Å². The van der Waals surface area contributed by atoms with E-state index in [4.69, 9.17) is 0 Å². The van der Waals surface area contributed by atoms with Gasteiger partial charge >= 0.3 is 12.4 Å². The zero-order valence-electron chi connectivity index (χ0n) is 6.91. The molecular formula is C7H6F6S. The molecule has 82 valence electrons. The highest BCUT2D eigenvalue weighted by Crippen LogP contribution is 2.29. The fourth-order valence-electron chi connectivity index (χ4n) is 0.512. The van der Waals surface area contributed by atoms with Crippen LogP contribution in [0.3, 0.4) is 0 Å². The third-order valence-corrected chi connectivity index (χ3v) is 1.51. The van der Waals surface area contributed by atoms with Crippen LogP contribution >= 0.6 is 11.8 Å². The molecule has 14 heavy (non-hydrogen) atoms. The molecule has 0 aromatic carbocycles. The van der Waals surface area contributed by atoms with Gasteiger partial charge < -0.3 is 0 Å². The number of allylic oxidation sites excluding steroid dienone is 3. The second kappa shape index (κ2) is 4.77. The highest BCUT2D eigenvalue weighted by Gasteiger charge is 2.33. The van der Waals surface area contributed by atoms with Gasteiger partial charge in [0.05, 0.1) is 5.57 Å². The summed E-state index contributed by atoms with van der Waals surface area (Å²) in [5.41, 5.74) is -1.32. The summed E-state index contributed by atoms with van der Waals surface area (Å²) in [5.74, 6) is 0. The molecule has 0 aliphatic carbocycles. The Kier molecular flexibility index (Phi) is 4.57. The predicted octanol–water partition coefficient (Wildman–Crippen LogP) is 3.91. The molecule has 0 rings (SSSR count). The smallest absolute Gasteiger partial charge is 0.167 e. The van der Waals surface area contributed by atoms with E-state index in [1.807, 2.05) is 0 Å². The Labute approximate surface area is 80.7 Å². The number of rotatable bonds is 2. The Morgan fingerprint density at radius 3 is 1.86 bits per heavy atom. The lowest BCUT2D eigenvalue weighted by molar-refractivity contribution is -0.0900. The van der Waals surface area contributed by atoms with Crippen molar-refractivity contribution in [1.29, 1.82) is 0 Å². The van der Waals surface area contributed by atoms with Gasteiger partial charge in [-0.05, 0) is 17.7 Å². The summed E-state index contributed by atoms with van der Waals surface area (Å²) in [6.45, 7) is 0. The summed E-state index contributed by atoms with van der Waals surface area (Å²) in [7, 11) is 0. The zero-order valence-corrected chi connectivity index (χ0v) is 7.72. The topological polar surface area (TPSA) is 0 Å². The first-order valence-corrected chi connectivity index (χ1v) is 4.52. The molecule has 0 aromatic heterocycles. The molecule has 0 N–H and O–H groups in total. The molecule has 0 bridgehead atoms. The number of thioether (sulfide) groups is 1. The number of hydrogen-bond acceptors (Lipinski definition) is 1. The van der Waals surface area contributed by atoms with Crippen molar-refractivity contribution in [3.8, 4) is 0 Å². The maximum atomic E-state index is 12.0. The molecule has 0 unspecified atom stereocenters. The average molecular weight is 236 g/mol. The van der Waals surface area contributed by atoms with E-state index in [1.165, 1.54) is 6.26 Å². The average Bonchev–Trinajstić information content (AvgIpc) is 1.93. The maximum Gasteiger partial charge on any atom is 0.416 e. The minimum absolute atomic E-state index is 0.0104. The fraction of sp³-hybridized carbons (Fsp3) is 0.429. The van der Waals surface area contributed by atoms with Crippen molar-refractivity contribution in [2.75, 3.05) is 6.26 Å². The first-order chi connectivity index (χ1) is 6.17. The van der Waals surface area contributed by atoms with Gasteiger partial charge in [-0.15, -0.1) is 11.8 Å². The SMILES string of the molecule is CS/C=C(/C=C/C(F)(F)F)C(F)(F)F. The third-order valence-electron chi connectivity index (χ3n) is 1.02. The van der Waals surface area contributed by atoms with Gasteiger partial charge in [-0.1, -0.05) is 0 Å². The van der Waals surface area contributed by atoms with Crippen LogP contribution in [0.15, 0.2) is 23.1 Å². The van der Waals surface area contributed by atoms with Crippen LogP contribution in [-0.4, -0.2) is 18.6 Å². The normalized spacial score (nSPS) is 15.2. The molecule has 0 radical (unpaired) electrons. The van der Waals surface area contributed by atoms with E-state index < -0.39 is 24.0 Å². The summed E-state index contributed by atoms with van der Waals surface area (Å²) in [6, 6.07) is 0. The number of hydrogen-bond donors (Lipinski definition) is 0. The van der Waals surface area contributed by atoms with Crippen LogP contribution in [-0.2, 0) is 0 Å². The molecular weight excluding hydrogens is 230 g/mol. The largest absolute Gasteiger partial charge is 0.416 e. The van der Waals surface area contributed by atoms with Gasteiger partial charge in [0, 0.05) is 6.08 Å². The molecule has 7 heteroatoms. The van der Waals surface area contributed by atoms with Gasteiger partial charge in [-0.2, -0.15) is 26.3 Å². The van der Waals surface area contributed by atoms with Crippen LogP contribution in [0, 0.1) is 0 Å². The summed E-state index contributed by atoms with van der Waals surface area (Å²) in [6.07, 6.45) is -8.60. The molecule has 0 heterocycles. The van der Waals surface area contributed by atoms with E-state index in [0.717, 1.165) is 0 Å². The molecule has 0 aliphatic heterocycles. The Morgan fingerprint density at radius 2 is 1.57 bits per heavy atom. The van der Waals surface area contributed by atoms with Crippen LogP contribution in [0.1, 0.15) is 0 Å². The standard InChI is InChI=1S/C7H6F6S/c1-14-4-5(7(11,12)13)2-3-6(8,9)10/h2-4H,1H3/b3-2+,5-4-. The fourth-order valence-corrected chi connectivity index (χ4v) is 0.978. The molecule has 0 fully saturated rings. The monoisotopic (exact) mass is 236 g/mol. The van der Waals surface area contributed by atoms with Crippen molar-refractivity contribution in [3.05, 3.63) is 23.1 Å². The van der Waals surface area contributed by atoms with Crippen LogP contribution < -0.4 is 0 Å². The van der Waals surface area contributed by atoms with Crippen LogP contribution in [0.25, 0.3) is 0 Å². The summed E-state index contributed by atoms with van der Waals surface area (Å²) >= 11 is 0.687. The molecule has 0 aromatic rings. The lowest BCUT2D eigenvalue weighted by Crippen LogP contribution is -2.11. The van der Waals surface area contributed by atoms with Gasteiger partial charge in [0.25, 0.3) is 0 Å². The van der Waals surface area contributed by atoms with Crippen molar-refractivity contribution >= 4 is 11.8 Å². The van der Waals surface area contributed by atoms with Crippen molar-refractivity contribution in [2.45, 2.75) is 12.4 Å². The highest BCUT2D eigenvalue weighted by molar-refractivity contribution is 8.01. The van der Waals surface area contributed by atoms with E-state index in [-0.39, 0.29) is 6.08 Å². The quantitative estimate of drug-likeness (QED) is 0.517. The minimum atomic E-state index is -4.76. The first-order valence-electron chi connectivity index (χ1n) is 3.23. The van der Waals surface area contributed by atoms with Crippen LogP contribution in [0.4, 0.5) is 26.3 Å². The molecule has 0 amide bonds. The molecule has 0 saturated carbocycles. The second-order valence-electron chi connectivity index (χ2n) is 2.18. The second-order valence-corrected chi connectivity index (χ2v) is 2.89. The molecule has 0 spiro atoms. The van der Waals surface area contributed by atoms with Gasteiger partial charge in [-0.25, -0.2) is 0 Å². The zero-order chi connectivity index (χ0) is 11.4. The Morgan fingerprint density at radius 1 is 1.07 bits per heavy atom. The summed E-state index contributed by atoms with van der Waals surface area (Å²) in [5, 5.41) is 0.613.